The van der Waals surface area contributed by atoms with Gasteiger partial charge < -0.3 is 5.32 Å². The van der Waals surface area contributed by atoms with Crippen LogP contribution in [0.15, 0.2) is 41.8 Å². The van der Waals surface area contributed by atoms with E-state index < -0.39 is 5.82 Å². The molecule has 2 aromatic rings. The molecule has 1 N–H and O–H groups in total. The number of nitrogens with zero attached hydrogens (tertiary/aromatic N) is 2. The van der Waals surface area contributed by atoms with Crippen LogP contribution in [0, 0.1) is 5.82 Å². The maximum atomic E-state index is 13.9. The van der Waals surface area contributed by atoms with Crippen LogP contribution >= 0.6 is 11.8 Å². The molecule has 1 heterocycles. The molecule has 7 heteroatoms. The van der Waals surface area contributed by atoms with Crippen molar-refractivity contribution in [1.29, 1.82) is 0 Å². The number of benzene rings is 1. The van der Waals surface area contributed by atoms with E-state index in [0.717, 1.165) is 17.8 Å². The summed E-state index contributed by atoms with van der Waals surface area (Å²) in [4.78, 5) is 30.8. The number of amides is 1. The number of Topliss-reactive ketones (excluding diaryl/α,β-unsaturated/α-hetero) is 1. The third kappa shape index (κ3) is 4.35. The summed E-state index contributed by atoms with van der Waals surface area (Å²) in [5.74, 6) is -1.29. The summed E-state index contributed by atoms with van der Waals surface area (Å²) in [6, 6.07) is 5.64. The topological polar surface area (TPSA) is 72.0 Å². The predicted octanol–water partition coefficient (Wildman–Crippen LogP) is 2.55. The lowest BCUT2D eigenvalue weighted by Gasteiger charge is -2.06. The Morgan fingerprint density at radius 3 is 2.62 bits per heavy atom. The molecule has 0 spiro atoms. The molecule has 2 rings (SSSR count). The van der Waals surface area contributed by atoms with E-state index in [1.807, 2.05) is 0 Å². The molecule has 0 radical (unpaired) electrons. The van der Waals surface area contributed by atoms with Crippen molar-refractivity contribution >= 4 is 29.1 Å². The molecular weight excluding hydrogens is 293 g/mol. The first kappa shape index (κ1) is 15.1. The predicted molar refractivity (Wildman–Crippen MR) is 77.8 cm³/mol. The maximum absolute atomic E-state index is 13.9. The molecule has 1 aromatic heterocycles. The van der Waals surface area contributed by atoms with Crippen molar-refractivity contribution in [3.05, 3.63) is 48.0 Å². The second-order valence-corrected chi connectivity index (χ2v) is 5.06. The number of thioether (sulfide) groups is 1. The van der Waals surface area contributed by atoms with E-state index in [-0.39, 0.29) is 23.0 Å². The smallest absolute Gasteiger partial charge is 0.221 e. The molecule has 5 nitrogen and oxygen atoms in total. The minimum atomic E-state index is -0.666. The normalized spacial score (nSPS) is 10.2. The van der Waals surface area contributed by atoms with E-state index >= 15 is 0 Å². The number of hydrogen-bond donors (Lipinski definition) is 1. The first-order valence-electron chi connectivity index (χ1n) is 6.06. The van der Waals surface area contributed by atoms with Crippen molar-refractivity contribution in [1.82, 2.24) is 9.97 Å². The first-order chi connectivity index (χ1) is 10.1. The van der Waals surface area contributed by atoms with Crippen LogP contribution in [0.25, 0.3) is 0 Å². The summed E-state index contributed by atoms with van der Waals surface area (Å²) in [7, 11) is 0. The second-order valence-electron chi connectivity index (χ2n) is 4.12. The summed E-state index contributed by atoms with van der Waals surface area (Å²) < 4.78 is 13.9. The molecule has 0 aliphatic heterocycles. The second kappa shape index (κ2) is 6.94. The van der Waals surface area contributed by atoms with Gasteiger partial charge in [-0.25, -0.2) is 14.4 Å². The molecule has 1 amide bonds. The zero-order valence-electron chi connectivity index (χ0n) is 11.2. The molecule has 1 aromatic carbocycles. The summed E-state index contributed by atoms with van der Waals surface area (Å²) in [5.41, 5.74) is 0.295. The van der Waals surface area contributed by atoms with Gasteiger partial charge in [-0.15, -0.1) is 0 Å². The van der Waals surface area contributed by atoms with Gasteiger partial charge in [0.2, 0.25) is 5.91 Å². The molecule has 0 unspecified atom stereocenters. The van der Waals surface area contributed by atoms with Crippen LogP contribution in [0.3, 0.4) is 0 Å². The highest BCUT2D eigenvalue weighted by molar-refractivity contribution is 7.99. The first-order valence-corrected chi connectivity index (χ1v) is 7.05. The molecule has 0 atom stereocenters. The monoisotopic (exact) mass is 305 g/mol. The highest BCUT2D eigenvalue weighted by Crippen LogP contribution is 2.18. The van der Waals surface area contributed by atoms with Gasteiger partial charge >= 0.3 is 0 Å². The van der Waals surface area contributed by atoms with Crippen molar-refractivity contribution in [2.24, 2.45) is 0 Å². The van der Waals surface area contributed by atoms with Gasteiger partial charge in [0.25, 0.3) is 0 Å². The Morgan fingerprint density at radius 1 is 1.29 bits per heavy atom. The van der Waals surface area contributed by atoms with E-state index in [2.05, 4.69) is 15.3 Å². The minimum Gasteiger partial charge on any atom is -0.326 e. The van der Waals surface area contributed by atoms with Gasteiger partial charge in [-0.05, 0) is 24.3 Å². The van der Waals surface area contributed by atoms with Gasteiger partial charge in [-0.1, -0.05) is 11.8 Å². The minimum absolute atomic E-state index is 0.0208. The highest BCUT2D eigenvalue weighted by Gasteiger charge is 2.13. The zero-order valence-corrected chi connectivity index (χ0v) is 12.0. The molecule has 0 saturated carbocycles. The largest absolute Gasteiger partial charge is 0.326 e. The zero-order chi connectivity index (χ0) is 15.2. The average Bonchev–Trinajstić information content (AvgIpc) is 2.45. The van der Waals surface area contributed by atoms with Crippen LogP contribution < -0.4 is 5.32 Å². The standard InChI is InChI=1S/C14H12FN3O2S/c1-9(19)18-10-3-4-11(12(15)7-10)13(20)8-21-14-16-5-2-6-17-14/h2-7H,8H2,1H3,(H,18,19). The van der Waals surface area contributed by atoms with Crippen molar-refractivity contribution < 1.29 is 14.0 Å². The summed E-state index contributed by atoms with van der Waals surface area (Å²) in [6.07, 6.45) is 3.14. The van der Waals surface area contributed by atoms with Gasteiger partial charge in [-0.3, -0.25) is 9.59 Å². The maximum Gasteiger partial charge on any atom is 0.221 e. The molecular formula is C14H12FN3O2S. The van der Waals surface area contributed by atoms with Gasteiger partial charge in [0.05, 0.1) is 11.3 Å². The quantitative estimate of drug-likeness (QED) is 0.522. The van der Waals surface area contributed by atoms with E-state index in [1.54, 1.807) is 18.5 Å². The molecule has 0 aliphatic carbocycles. The van der Waals surface area contributed by atoms with E-state index in [0.29, 0.717) is 10.8 Å². The average molecular weight is 305 g/mol. The summed E-state index contributed by atoms with van der Waals surface area (Å²) in [5, 5.41) is 2.91. The Labute approximate surface area is 125 Å². The summed E-state index contributed by atoms with van der Waals surface area (Å²) in [6.45, 7) is 1.33. The van der Waals surface area contributed by atoms with Crippen LogP contribution in [-0.4, -0.2) is 27.4 Å². The fraction of sp³-hybridized carbons (Fsp3) is 0.143. The van der Waals surface area contributed by atoms with Crippen LogP contribution in [0.4, 0.5) is 10.1 Å². The number of carbonyl (C=O) groups is 2. The number of anilines is 1. The van der Waals surface area contributed by atoms with Crippen molar-refractivity contribution in [3.63, 3.8) is 0 Å². The fourth-order valence-electron chi connectivity index (χ4n) is 1.59. The number of rotatable bonds is 5. The highest BCUT2D eigenvalue weighted by atomic mass is 32.2. The lowest BCUT2D eigenvalue weighted by Crippen LogP contribution is -2.09. The number of aromatic nitrogens is 2. The van der Waals surface area contributed by atoms with Crippen LogP contribution in [0.5, 0.6) is 0 Å². The molecule has 0 saturated heterocycles. The number of ketones is 1. The number of carbonyl (C=O) groups excluding carboxylic acids is 2. The molecule has 21 heavy (non-hydrogen) atoms. The van der Waals surface area contributed by atoms with Crippen molar-refractivity contribution in [2.75, 3.05) is 11.1 Å². The van der Waals surface area contributed by atoms with Crippen LogP contribution in [-0.2, 0) is 4.79 Å². The Kier molecular flexibility index (Phi) is 4.99. The van der Waals surface area contributed by atoms with Gasteiger partial charge in [0, 0.05) is 25.0 Å². The Hall–Kier alpha value is -2.28. The van der Waals surface area contributed by atoms with Gasteiger partial charge in [0.15, 0.2) is 10.9 Å². The van der Waals surface area contributed by atoms with Gasteiger partial charge in [-0.2, -0.15) is 0 Å². The molecule has 0 fully saturated rings. The van der Waals surface area contributed by atoms with Crippen molar-refractivity contribution in [2.45, 2.75) is 12.1 Å². The Morgan fingerprint density at radius 2 is 2.00 bits per heavy atom. The molecule has 0 bridgehead atoms. The Bertz CT molecular complexity index is 665. The lowest BCUT2D eigenvalue weighted by molar-refractivity contribution is -0.114. The van der Waals surface area contributed by atoms with Crippen LogP contribution in [0.1, 0.15) is 17.3 Å². The van der Waals surface area contributed by atoms with E-state index in [9.17, 15) is 14.0 Å². The third-order valence-electron chi connectivity index (χ3n) is 2.46. The third-order valence-corrected chi connectivity index (χ3v) is 3.34. The summed E-state index contributed by atoms with van der Waals surface area (Å²) >= 11 is 1.14. The lowest BCUT2D eigenvalue weighted by atomic mass is 10.1. The number of halogens is 1. The van der Waals surface area contributed by atoms with Gasteiger partial charge in [0.1, 0.15) is 5.82 Å². The van der Waals surface area contributed by atoms with E-state index in [1.165, 1.54) is 19.1 Å². The SMILES string of the molecule is CC(=O)Nc1ccc(C(=O)CSc2ncccn2)c(F)c1. The van der Waals surface area contributed by atoms with Crippen LogP contribution in [0.2, 0.25) is 0 Å². The van der Waals surface area contributed by atoms with E-state index in [4.69, 9.17) is 0 Å². The Balaban J connectivity index is 2.04. The van der Waals surface area contributed by atoms with Crippen molar-refractivity contribution in [3.8, 4) is 0 Å². The molecule has 0 aliphatic rings. The number of nitrogens with one attached hydrogen (secondary N) is 1. The fourth-order valence-corrected chi connectivity index (χ4v) is 2.28. The molecule has 108 valence electrons. The number of hydrogen-bond acceptors (Lipinski definition) is 5.